The highest BCUT2D eigenvalue weighted by Crippen LogP contribution is 2.41. The molecule has 2 aromatic rings. The molecular weight excluding hydrogens is 368 g/mol. The summed E-state index contributed by atoms with van der Waals surface area (Å²) in [7, 11) is 0. The summed E-state index contributed by atoms with van der Waals surface area (Å²) < 4.78 is 0. The molecule has 28 heavy (non-hydrogen) atoms. The number of anilines is 1. The Hall–Kier alpha value is -2.79. The molecule has 0 spiro atoms. The summed E-state index contributed by atoms with van der Waals surface area (Å²) in [5, 5.41) is 2.97. The number of aryl methyl sites for hydroxylation is 1. The van der Waals surface area contributed by atoms with Gasteiger partial charge in [0.25, 0.3) is 5.91 Å². The molecule has 3 rings (SSSR count). The number of fused-ring (bicyclic) bond motifs is 1. The highest BCUT2D eigenvalue weighted by Gasteiger charge is 2.28. The maximum Gasteiger partial charge on any atom is 0.265 e. The summed E-state index contributed by atoms with van der Waals surface area (Å²) in [5.74, 6) is -0.412. The van der Waals surface area contributed by atoms with Crippen LogP contribution in [-0.4, -0.2) is 24.4 Å². The maximum atomic E-state index is 12.8. The van der Waals surface area contributed by atoms with Crippen LogP contribution in [-0.2, 0) is 16.0 Å². The molecule has 2 amide bonds. The number of benzene rings is 2. The van der Waals surface area contributed by atoms with Gasteiger partial charge in [-0.25, -0.2) is 0 Å². The second kappa shape index (κ2) is 9.42. The smallest absolute Gasteiger partial charge is 0.265 e. The van der Waals surface area contributed by atoms with Crippen molar-refractivity contribution < 1.29 is 9.59 Å². The highest BCUT2D eigenvalue weighted by molar-refractivity contribution is 8.04. The standard InChI is InChI=1S/C23H24N2O2S/c1-3-15-25-19-11-7-8-12-20(19)28-21(23(25)27)16-22(26)24-17(2)13-14-18-9-5-4-6-10-18/h3-12,16-17H,1,13-15H2,2H3,(H,24,26)/b21-16+/t17-/m0/s1. The quantitative estimate of drug-likeness (QED) is 0.563. The van der Waals surface area contributed by atoms with Gasteiger partial charge in [0.05, 0.1) is 10.6 Å². The minimum absolute atomic E-state index is 0.0183. The highest BCUT2D eigenvalue weighted by atomic mass is 32.2. The third kappa shape index (κ3) is 4.93. The Morgan fingerprint density at radius 2 is 1.89 bits per heavy atom. The molecule has 1 heterocycles. The Balaban J connectivity index is 1.65. The van der Waals surface area contributed by atoms with Crippen molar-refractivity contribution in [2.45, 2.75) is 30.7 Å². The molecule has 0 bridgehead atoms. The van der Waals surface area contributed by atoms with Gasteiger partial charge in [0.1, 0.15) is 0 Å². The minimum Gasteiger partial charge on any atom is -0.350 e. The van der Waals surface area contributed by atoms with Crippen LogP contribution in [0.25, 0.3) is 0 Å². The van der Waals surface area contributed by atoms with E-state index in [0.717, 1.165) is 23.4 Å². The van der Waals surface area contributed by atoms with E-state index >= 15 is 0 Å². The van der Waals surface area contributed by atoms with Crippen LogP contribution in [0.2, 0.25) is 0 Å². The zero-order valence-corrected chi connectivity index (χ0v) is 16.7. The Morgan fingerprint density at radius 1 is 1.18 bits per heavy atom. The Labute approximate surface area is 170 Å². The topological polar surface area (TPSA) is 49.4 Å². The summed E-state index contributed by atoms with van der Waals surface area (Å²) in [6, 6.07) is 17.9. The first kappa shape index (κ1) is 20.0. The zero-order chi connectivity index (χ0) is 19.9. The fraction of sp³-hybridized carbons (Fsp3) is 0.217. The van der Waals surface area contributed by atoms with E-state index < -0.39 is 0 Å². The van der Waals surface area contributed by atoms with Gasteiger partial charge in [-0.1, -0.05) is 60.3 Å². The van der Waals surface area contributed by atoms with E-state index in [2.05, 4.69) is 24.0 Å². The number of carbonyl (C=O) groups is 2. The number of hydrogen-bond acceptors (Lipinski definition) is 3. The number of thioether (sulfide) groups is 1. The second-order valence-electron chi connectivity index (χ2n) is 6.72. The van der Waals surface area contributed by atoms with Crippen molar-refractivity contribution in [1.82, 2.24) is 5.32 Å². The van der Waals surface area contributed by atoms with E-state index in [4.69, 9.17) is 0 Å². The molecular formula is C23H24N2O2S. The van der Waals surface area contributed by atoms with Crippen molar-refractivity contribution in [1.29, 1.82) is 0 Å². The molecule has 2 aromatic carbocycles. The van der Waals surface area contributed by atoms with E-state index in [1.165, 1.54) is 23.4 Å². The third-order valence-electron chi connectivity index (χ3n) is 4.50. The molecule has 4 nitrogen and oxygen atoms in total. The van der Waals surface area contributed by atoms with E-state index in [1.54, 1.807) is 11.0 Å². The van der Waals surface area contributed by atoms with Crippen molar-refractivity contribution in [3.05, 3.63) is 83.8 Å². The molecule has 0 aliphatic carbocycles. The maximum absolute atomic E-state index is 12.8. The summed E-state index contributed by atoms with van der Waals surface area (Å²) in [6.07, 6.45) is 4.84. The first-order valence-electron chi connectivity index (χ1n) is 9.34. The van der Waals surface area contributed by atoms with Crippen LogP contribution in [0.15, 0.2) is 83.1 Å². The first-order chi connectivity index (χ1) is 13.6. The van der Waals surface area contributed by atoms with Crippen molar-refractivity contribution in [3.63, 3.8) is 0 Å². The predicted molar refractivity (Wildman–Crippen MR) is 115 cm³/mol. The molecule has 1 aliphatic rings. The van der Waals surface area contributed by atoms with Crippen LogP contribution in [0.4, 0.5) is 5.69 Å². The van der Waals surface area contributed by atoms with Crippen LogP contribution in [0.1, 0.15) is 18.9 Å². The molecule has 0 saturated carbocycles. The van der Waals surface area contributed by atoms with Crippen molar-refractivity contribution in [2.24, 2.45) is 0 Å². The number of rotatable bonds is 7. The lowest BCUT2D eigenvalue weighted by atomic mass is 10.1. The molecule has 0 fully saturated rings. The van der Waals surface area contributed by atoms with Crippen LogP contribution in [0.3, 0.4) is 0 Å². The fourth-order valence-corrected chi connectivity index (χ4v) is 4.11. The summed E-state index contributed by atoms with van der Waals surface area (Å²) in [4.78, 5) is 28.3. The van der Waals surface area contributed by atoms with Crippen LogP contribution in [0, 0.1) is 0 Å². The van der Waals surface area contributed by atoms with Crippen molar-refractivity contribution >= 4 is 29.3 Å². The lowest BCUT2D eigenvalue weighted by Gasteiger charge is -2.29. The molecule has 5 heteroatoms. The molecule has 1 aliphatic heterocycles. The number of hydrogen-bond donors (Lipinski definition) is 1. The lowest BCUT2D eigenvalue weighted by molar-refractivity contribution is -0.118. The van der Waals surface area contributed by atoms with Gasteiger partial charge < -0.3 is 10.2 Å². The molecule has 0 aromatic heterocycles. The average Bonchev–Trinajstić information content (AvgIpc) is 2.70. The summed E-state index contributed by atoms with van der Waals surface area (Å²) in [6.45, 7) is 6.12. The largest absolute Gasteiger partial charge is 0.350 e. The van der Waals surface area contributed by atoms with Crippen LogP contribution < -0.4 is 10.2 Å². The predicted octanol–water partition coefficient (Wildman–Crippen LogP) is 4.33. The average molecular weight is 393 g/mol. The van der Waals surface area contributed by atoms with Gasteiger partial charge in [0.2, 0.25) is 5.91 Å². The number of nitrogens with zero attached hydrogens (tertiary/aromatic N) is 1. The fourth-order valence-electron chi connectivity index (χ4n) is 3.08. The Kier molecular flexibility index (Phi) is 6.71. The SMILES string of the molecule is C=CCN1C(=O)/C(=C\C(=O)N[C@@H](C)CCc2ccccc2)Sc2ccccc21. The summed E-state index contributed by atoms with van der Waals surface area (Å²) >= 11 is 1.34. The van der Waals surface area contributed by atoms with Gasteiger partial charge in [-0.2, -0.15) is 0 Å². The van der Waals surface area contributed by atoms with Gasteiger partial charge in [-0.15, -0.1) is 6.58 Å². The Morgan fingerprint density at radius 3 is 2.64 bits per heavy atom. The molecule has 0 unspecified atom stereocenters. The van der Waals surface area contributed by atoms with Crippen LogP contribution >= 0.6 is 11.8 Å². The monoisotopic (exact) mass is 392 g/mol. The van der Waals surface area contributed by atoms with Crippen molar-refractivity contribution in [3.8, 4) is 0 Å². The van der Waals surface area contributed by atoms with E-state index in [0.29, 0.717) is 11.4 Å². The number of para-hydroxylation sites is 1. The molecule has 0 radical (unpaired) electrons. The van der Waals surface area contributed by atoms with Gasteiger partial charge in [0.15, 0.2) is 0 Å². The normalized spacial score (nSPS) is 15.8. The number of nitrogens with one attached hydrogen (secondary N) is 1. The molecule has 1 N–H and O–H groups in total. The van der Waals surface area contributed by atoms with E-state index in [1.807, 2.05) is 49.4 Å². The van der Waals surface area contributed by atoms with Gasteiger partial charge in [-0.05, 0) is 37.5 Å². The van der Waals surface area contributed by atoms with E-state index in [9.17, 15) is 9.59 Å². The van der Waals surface area contributed by atoms with Crippen molar-refractivity contribution in [2.75, 3.05) is 11.4 Å². The van der Waals surface area contributed by atoms with Gasteiger partial charge in [-0.3, -0.25) is 9.59 Å². The number of carbonyl (C=O) groups excluding carboxylic acids is 2. The lowest BCUT2D eigenvalue weighted by Crippen LogP contribution is -2.36. The second-order valence-corrected chi connectivity index (χ2v) is 7.80. The number of amides is 2. The third-order valence-corrected chi connectivity index (χ3v) is 5.58. The van der Waals surface area contributed by atoms with Gasteiger partial charge >= 0.3 is 0 Å². The Bertz CT molecular complexity index is 892. The zero-order valence-electron chi connectivity index (χ0n) is 15.9. The molecule has 0 saturated heterocycles. The van der Waals surface area contributed by atoms with Crippen LogP contribution in [0.5, 0.6) is 0 Å². The molecule has 144 valence electrons. The first-order valence-corrected chi connectivity index (χ1v) is 10.2. The van der Waals surface area contributed by atoms with Gasteiger partial charge in [0, 0.05) is 23.6 Å². The minimum atomic E-state index is -0.241. The van der Waals surface area contributed by atoms with E-state index in [-0.39, 0.29) is 17.9 Å². The summed E-state index contributed by atoms with van der Waals surface area (Å²) in [5.41, 5.74) is 2.10. The molecule has 1 atom stereocenters.